The Kier molecular flexibility index (Phi) is 3.51. The summed E-state index contributed by atoms with van der Waals surface area (Å²) in [6, 6.07) is 2.19. The molecule has 0 saturated heterocycles. The molecule has 2 heterocycles. The van der Waals surface area contributed by atoms with Crippen LogP contribution in [0.1, 0.15) is 34.2 Å². The van der Waals surface area contributed by atoms with E-state index in [1.165, 1.54) is 37.4 Å². The number of aryl methyl sites for hydroxylation is 2. The first-order valence-corrected chi connectivity index (χ1v) is 8.32. The molecular weight excluding hydrogens is 369 g/mol. The van der Waals surface area contributed by atoms with Crippen LogP contribution in [0.15, 0.2) is 6.07 Å². The van der Waals surface area contributed by atoms with Crippen molar-refractivity contribution < 1.29 is 0 Å². The Hall–Kier alpha value is -0.690. The molecule has 0 radical (unpaired) electrons. The van der Waals surface area contributed by atoms with Crippen LogP contribution in [-0.4, -0.2) is 17.0 Å². The SMILES string of the molecule is CNc1nc(-c2cc(C)sc2C)nc(C2CC2)c1I. The van der Waals surface area contributed by atoms with Crippen LogP contribution in [-0.2, 0) is 0 Å². The highest BCUT2D eigenvalue weighted by atomic mass is 127. The van der Waals surface area contributed by atoms with Gasteiger partial charge in [-0.15, -0.1) is 11.3 Å². The lowest BCUT2D eigenvalue weighted by molar-refractivity contribution is 0.978. The second-order valence-electron chi connectivity index (χ2n) is 4.95. The van der Waals surface area contributed by atoms with Crippen LogP contribution in [0.2, 0.25) is 0 Å². The lowest BCUT2D eigenvalue weighted by atomic mass is 10.2. The lowest BCUT2D eigenvalue weighted by Gasteiger charge is -2.10. The molecule has 5 heteroatoms. The average molecular weight is 385 g/mol. The van der Waals surface area contributed by atoms with Gasteiger partial charge in [0, 0.05) is 28.3 Å². The van der Waals surface area contributed by atoms with Gasteiger partial charge >= 0.3 is 0 Å². The zero-order valence-corrected chi connectivity index (χ0v) is 14.2. The van der Waals surface area contributed by atoms with Crippen LogP contribution in [0.3, 0.4) is 0 Å². The van der Waals surface area contributed by atoms with Gasteiger partial charge in [-0.25, -0.2) is 9.97 Å². The van der Waals surface area contributed by atoms with Crippen molar-refractivity contribution >= 4 is 39.7 Å². The summed E-state index contributed by atoms with van der Waals surface area (Å²) in [7, 11) is 1.93. The number of nitrogens with one attached hydrogen (secondary N) is 1. The van der Waals surface area contributed by atoms with E-state index in [1.807, 2.05) is 18.4 Å². The highest BCUT2D eigenvalue weighted by molar-refractivity contribution is 14.1. The monoisotopic (exact) mass is 385 g/mol. The van der Waals surface area contributed by atoms with Gasteiger partial charge in [-0.05, 0) is 55.3 Å². The topological polar surface area (TPSA) is 37.8 Å². The van der Waals surface area contributed by atoms with E-state index in [4.69, 9.17) is 4.98 Å². The number of rotatable bonds is 3. The third-order valence-corrected chi connectivity index (χ3v) is 5.39. The first-order valence-electron chi connectivity index (χ1n) is 6.42. The Morgan fingerprint density at radius 2 is 2.05 bits per heavy atom. The highest BCUT2D eigenvalue weighted by Crippen LogP contribution is 2.43. The van der Waals surface area contributed by atoms with Gasteiger partial charge in [0.05, 0.1) is 9.26 Å². The third-order valence-electron chi connectivity index (χ3n) is 3.36. The summed E-state index contributed by atoms with van der Waals surface area (Å²) < 4.78 is 1.18. The van der Waals surface area contributed by atoms with Gasteiger partial charge in [0.15, 0.2) is 5.82 Å². The van der Waals surface area contributed by atoms with Crippen molar-refractivity contribution in [2.24, 2.45) is 0 Å². The third kappa shape index (κ3) is 2.50. The van der Waals surface area contributed by atoms with E-state index >= 15 is 0 Å². The summed E-state index contributed by atoms with van der Waals surface area (Å²) in [5.41, 5.74) is 2.40. The standard InChI is InChI=1S/C14H16IN3S/c1-7-6-10(8(2)19-7)13-17-12(9-4-5-9)11(15)14(16-3)18-13/h6,9H,4-5H2,1-3H3,(H,16,17,18). The molecule has 3 nitrogen and oxygen atoms in total. The molecule has 100 valence electrons. The molecular formula is C14H16IN3S. The van der Waals surface area contributed by atoms with Crippen molar-refractivity contribution in [2.45, 2.75) is 32.6 Å². The van der Waals surface area contributed by atoms with E-state index in [0.29, 0.717) is 5.92 Å². The molecule has 1 N–H and O–H groups in total. The maximum Gasteiger partial charge on any atom is 0.162 e. The molecule has 1 fully saturated rings. The molecule has 0 spiro atoms. The summed E-state index contributed by atoms with van der Waals surface area (Å²) in [5, 5.41) is 3.20. The van der Waals surface area contributed by atoms with Crippen LogP contribution in [0.5, 0.6) is 0 Å². The van der Waals surface area contributed by atoms with Gasteiger partial charge < -0.3 is 5.32 Å². The van der Waals surface area contributed by atoms with Crippen LogP contribution < -0.4 is 5.32 Å². The molecule has 1 saturated carbocycles. The van der Waals surface area contributed by atoms with Crippen LogP contribution in [0.4, 0.5) is 5.82 Å². The minimum absolute atomic E-state index is 0.640. The van der Waals surface area contributed by atoms with Crippen LogP contribution in [0.25, 0.3) is 11.4 Å². The minimum atomic E-state index is 0.640. The normalized spacial score (nSPS) is 14.7. The maximum absolute atomic E-state index is 4.84. The first-order chi connectivity index (χ1) is 9.10. The van der Waals surface area contributed by atoms with Gasteiger partial charge in [-0.1, -0.05) is 0 Å². The molecule has 0 unspecified atom stereocenters. The first kappa shape index (κ1) is 13.3. The van der Waals surface area contributed by atoms with Crippen LogP contribution in [0, 0.1) is 17.4 Å². The van der Waals surface area contributed by atoms with Gasteiger partial charge in [0.2, 0.25) is 0 Å². The number of nitrogens with zero attached hydrogens (tertiary/aromatic N) is 2. The van der Waals surface area contributed by atoms with Crippen molar-refractivity contribution in [3.63, 3.8) is 0 Å². The fraction of sp³-hybridized carbons (Fsp3) is 0.429. The largest absolute Gasteiger partial charge is 0.372 e. The molecule has 0 aromatic carbocycles. The number of thiophene rings is 1. The second kappa shape index (κ2) is 5.01. The summed E-state index contributed by atoms with van der Waals surface area (Å²) >= 11 is 4.17. The Balaban J connectivity index is 2.16. The van der Waals surface area contributed by atoms with Gasteiger partial charge in [0.1, 0.15) is 5.82 Å². The summed E-state index contributed by atoms with van der Waals surface area (Å²) in [4.78, 5) is 12.1. The summed E-state index contributed by atoms with van der Waals surface area (Å²) in [6.07, 6.45) is 2.52. The summed E-state index contributed by atoms with van der Waals surface area (Å²) in [5.74, 6) is 2.46. The van der Waals surface area contributed by atoms with Gasteiger partial charge in [-0.2, -0.15) is 0 Å². The number of aromatic nitrogens is 2. The minimum Gasteiger partial charge on any atom is -0.372 e. The Morgan fingerprint density at radius 1 is 1.32 bits per heavy atom. The Labute approximate surface area is 131 Å². The van der Waals surface area contributed by atoms with Gasteiger partial charge in [0.25, 0.3) is 0 Å². The molecule has 2 aromatic rings. The van der Waals surface area contributed by atoms with Crippen molar-refractivity contribution in [1.29, 1.82) is 0 Å². The van der Waals surface area contributed by atoms with E-state index in [9.17, 15) is 0 Å². The number of hydrogen-bond acceptors (Lipinski definition) is 4. The fourth-order valence-corrected chi connectivity index (χ4v) is 4.10. The zero-order chi connectivity index (χ0) is 13.6. The van der Waals surface area contributed by atoms with E-state index in [-0.39, 0.29) is 0 Å². The van der Waals surface area contributed by atoms with Gasteiger partial charge in [-0.3, -0.25) is 0 Å². The zero-order valence-electron chi connectivity index (χ0n) is 11.2. The molecule has 0 aliphatic heterocycles. The molecule has 2 aromatic heterocycles. The van der Waals surface area contributed by atoms with E-state index in [1.54, 1.807) is 0 Å². The Bertz CT molecular complexity index is 632. The van der Waals surface area contributed by atoms with Crippen molar-refractivity contribution in [1.82, 2.24) is 9.97 Å². The van der Waals surface area contributed by atoms with Crippen LogP contribution >= 0.6 is 33.9 Å². The molecule has 0 bridgehead atoms. The predicted octanol–water partition coefficient (Wildman–Crippen LogP) is 4.35. The molecule has 19 heavy (non-hydrogen) atoms. The predicted molar refractivity (Wildman–Crippen MR) is 89.1 cm³/mol. The van der Waals surface area contributed by atoms with Crippen molar-refractivity contribution in [2.75, 3.05) is 12.4 Å². The molecule has 0 amide bonds. The second-order valence-corrected chi connectivity index (χ2v) is 7.49. The van der Waals surface area contributed by atoms with E-state index in [0.717, 1.165) is 11.6 Å². The van der Waals surface area contributed by atoms with E-state index < -0.39 is 0 Å². The molecule has 1 aliphatic carbocycles. The molecule has 1 aliphatic rings. The van der Waals surface area contributed by atoms with Crippen molar-refractivity contribution in [3.05, 3.63) is 25.1 Å². The smallest absolute Gasteiger partial charge is 0.162 e. The van der Waals surface area contributed by atoms with Crippen molar-refractivity contribution in [3.8, 4) is 11.4 Å². The fourth-order valence-electron chi connectivity index (χ4n) is 2.23. The number of halogens is 1. The molecule has 0 atom stereocenters. The molecule has 3 rings (SSSR count). The number of hydrogen-bond donors (Lipinski definition) is 1. The Morgan fingerprint density at radius 3 is 2.58 bits per heavy atom. The number of anilines is 1. The van der Waals surface area contributed by atoms with E-state index in [2.05, 4.69) is 52.8 Å². The average Bonchev–Trinajstić information content (AvgIpc) is 3.15. The quantitative estimate of drug-likeness (QED) is 0.799. The summed E-state index contributed by atoms with van der Waals surface area (Å²) in [6.45, 7) is 4.28. The lowest BCUT2D eigenvalue weighted by Crippen LogP contribution is -2.04. The maximum atomic E-state index is 4.84. The highest BCUT2D eigenvalue weighted by Gasteiger charge is 2.29.